The Balaban J connectivity index is 1.49. The Labute approximate surface area is 450 Å². The summed E-state index contributed by atoms with van der Waals surface area (Å²) in [5.41, 5.74) is -3.57. The Kier molecular flexibility index (Phi) is 18.5. The number of fused-ring (bicyclic) bond motifs is 1. The topological polar surface area (TPSA) is 363 Å². The van der Waals surface area contributed by atoms with Gasteiger partial charge in [-0.2, -0.15) is 0 Å². The van der Waals surface area contributed by atoms with E-state index in [0.717, 1.165) is 13.6 Å². The van der Waals surface area contributed by atoms with Crippen molar-refractivity contribution in [2.45, 2.75) is 123 Å². The third kappa shape index (κ3) is 12.8. The number of hydrogen-bond donors (Lipinski definition) is 9. The molecule has 27 heteroatoms. The second-order valence-electron chi connectivity index (χ2n) is 21.3. The zero-order valence-corrected chi connectivity index (χ0v) is 47.4. The van der Waals surface area contributed by atoms with Crippen LogP contribution in [0.1, 0.15) is 91.1 Å². The van der Waals surface area contributed by atoms with Gasteiger partial charge in [-0.25, -0.2) is 9.79 Å². The van der Waals surface area contributed by atoms with Gasteiger partial charge in [0.05, 0.1) is 35.1 Å². The minimum absolute atomic E-state index is 0.0254. The average Bonchev–Trinajstić information content (AvgIpc) is 4.10. The van der Waals surface area contributed by atoms with Crippen LogP contribution < -0.4 is 26.1 Å². The number of nitrogens with zero attached hydrogens (tertiary/aromatic N) is 4. The van der Waals surface area contributed by atoms with E-state index in [2.05, 4.69) is 29.1 Å². The van der Waals surface area contributed by atoms with Crippen LogP contribution in [0.2, 0.25) is 0 Å². The van der Waals surface area contributed by atoms with Crippen LogP contribution in [0.3, 0.4) is 0 Å². The van der Waals surface area contributed by atoms with E-state index < -0.39 is 128 Å². The Bertz CT molecular complexity index is 3020. The molecule has 430 valence electrons. The van der Waals surface area contributed by atoms with E-state index in [9.17, 15) is 68.0 Å². The van der Waals surface area contributed by atoms with Gasteiger partial charge in [0.15, 0.2) is 5.75 Å². The molecular weight excluding hydrogens is 1060 g/mol. The number of methoxy groups -OCH3 is 1. The number of likely N-dealkylation sites (tertiary alicyclic amines) is 1. The number of ketones is 1. The Morgan fingerprint density at radius 1 is 0.936 bits per heavy atom. The highest BCUT2D eigenvalue weighted by Crippen LogP contribution is 2.58. The van der Waals surface area contributed by atoms with E-state index in [0.29, 0.717) is 36.7 Å². The average molecular weight is 1140 g/mol. The van der Waals surface area contributed by atoms with Crippen LogP contribution in [0.15, 0.2) is 46.1 Å². The second-order valence-corrected chi connectivity index (χ2v) is 25.1. The molecule has 9 atom stereocenters. The van der Waals surface area contributed by atoms with E-state index >= 15 is 0 Å². The number of rotatable bonds is 10. The molecule has 2 aromatic rings. The molecule has 0 unspecified atom stereocenters. The molecule has 4 heterocycles. The van der Waals surface area contributed by atoms with Gasteiger partial charge in [-0.1, -0.05) is 59.8 Å². The summed E-state index contributed by atoms with van der Waals surface area (Å²) in [4.78, 5) is 119. The van der Waals surface area contributed by atoms with Gasteiger partial charge in [0.1, 0.15) is 46.6 Å². The van der Waals surface area contributed by atoms with Crippen molar-refractivity contribution in [3.63, 3.8) is 0 Å². The van der Waals surface area contributed by atoms with E-state index in [4.69, 9.17) is 28.7 Å². The van der Waals surface area contributed by atoms with Gasteiger partial charge in [-0.15, -0.1) is 0 Å². The highest BCUT2D eigenvalue weighted by atomic mass is 31.2. The monoisotopic (exact) mass is 1130 g/mol. The second kappa shape index (κ2) is 23.5. The van der Waals surface area contributed by atoms with Crippen molar-refractivity contribution >= 4 is 61.3 Å². The number of likely N-dealkylation sites (N-methyl/N-ethyl adjacent to an activating group) is 1. The number of benzene rings is 2. The first-order valence-electron chi connectivity index (χ1n) is 25.4. The van der Waals surface area contributed by atoms with E-state index in [1.807, 2.05) is 0 Å². The first-order chi connectivity index (χ1) is 36.2. The Morgan fingerprint density at radius 2 is 1.55 bits per heavy atom. The van der Waals surface area contributed by atoms with Gasteiger partial charge in [-0.3, -0.25) is 33.3 Å². The molecule has 0 saturated carbocycles. The molecule has 0 aliphatic carbocycles. The van der Waals surface area contributed by atoms with Gasteiger partial charge >= 0.3 is 38.9 Å². The van der Waals surface area contributed by atoms with E-state index in [1.54, 1.807) is 26.1 Å². The van der Waals surface area contributed by atoms with Gasteiger partial charge in [-0.05, 0) is 25.8 Å². The maximum absolute atomic E-state index is 14.9. The number of esters is 2. The number of nitrogens with one attached hydrogen (secondary N) is 2. The number of allylic oxidation sites excluding steroid dienone is 2. The third-order valence-corrected chi connectivity index (χ3v) is 18.1. The summed E-state index contributed by atoms with van der Waals surface area (Å²) >= 11 is 0. The number of piperidine rings is 1. The molecule has 2 aromatic carbocycles. The summed E-state index contributed by atoms with van der Waals surface area (Å²) in [6.45, 7) is 17.3. The number of aliphatic hydroxyl groups is 1. The highest BCUT2D eigenvalue weighted by Gasteiger charge is 2.51. The lowest BCUT2D eigenvalue weighted by Gasteiger charge is -2.39. The summed E-state index contributed by atoms with van der Waals surface area (Å²) < 4.78 is 53.7. The van der Waals surface area contributed by atoms with Crippen molar-refractivity contribution in [2.24, 2.45) is 39.6 Å². The molecule has 4 aliphatic heterocycles. The summed E-state index contributed by atoms with van der Waals surface area (Å²) in [5, 5.41) is 41.1. The molecule has 6 rings (SSSR count). The van der Waals surface area contributed by atoms with Crippen LogP contribution in [-0.2, 0) is 42.5 Å². The van der Waals surface area contributed by atoms with Crippen LogP contribution in [0.4, 0.5) is 10.5 Å². The first kappa shape index (κ1) is 61.5. The Morgan fingerprint density at radius 3 is 2.13 bits per heavy atom. The number of ether oxygens (including phenoxy) is 5. The summed E-state index contributed by atoms with van der Waals surface area (Å²) in [5.74, 6) is -9.79. The number of hydrogen-bond acceptors (Lipinski definition) is 18. The molecule has 3 amide bonds. The Hall–Kier alpha value is -5.75. The van der Waals surface area contributed by atoms with Gasteiger partial charge in [0, 0.05) is 101 Å². The predicted molar refractivity (Wildman–Crippen MR) is 281 cm³/mol. The zero-order chi connectivity index (χ0) is 58.3. The first-order valence-corrected chi connectivity index (χ1v) is 28.7. The summed E-state index contributed by atoms with van der Waals surface area (Å²) in [6.07, 6.45) is 3.18. The fourth-order valence-electron chi connectivity index (χ4n) is 10.5. The van der Waals surface area contributed by atoms with Crippen molar-refractivity contribution in [3.8, 4) is 17.2 Å². The minimum Gasteiger partial charge on any atom is -0.507 e. The maximum atomic E-state index is 14.9. The molecule has 0 radical (unpaired) electrons. The third-order valence-electron chi connectivity index (χ3n) is 14.7. The molecule has 78 heavy (non-hydrogen) atoms. The fourth-order valence-corrected chi connectivity index (χ4v) is 12.6. The van der Waals surface area contributed by atoms with Crippen molar-refractivity contribution in [1.29, 1.82) is 0 Å². The number of carbonyl (C=O) groups is 5. The number of urea groups is 1. The quantitative estimate of drug-likeness (QED) is 0.0932. The van der Waals surface area contributed by atoms with Gasteiger partial charge in [0.25, 0.3) is 11.7 Å². The maximum Gasteiger partial charge on any atom is 0.360 e. The number of aromatic hydroxyl groups is 2. The lowest BCUT2D eigenvalue weighted by molar-refractivity contribution is -0.165. The minimum atomic E-state index is -5.61. The molecule has 1 fully saturated rings. The van der Waals surface area contributed by atoms with Crippen molar-refractivity contribution in [2.75, 3.05) is 45.7 Å². The number of aliphatic hydroxyl groups excluding tert-OH is 1. The zero-order valence-electron chi connectivity index (χ0n) is 45.6. The van der Waals surface area contributed by atoms with Crippen LogP contribution in [0.5, 0.6) is 17.2 Å². The lowest BCUT2D eigenvalue weighted by atomic mass is 9.78. The number of anilines is 1. The van der Waals surface area contributed by atoms with Crippen molar-refractivity contribution in [3.05, 3.63) is 58.0 Å². The standard InChI is InChI=1S/C51H72N6O19P2/c1-24(2)22-57-19-17-51(18-20-57)54-37-34-35-41(61)30(8)45-36(34)46(63)50(10,76-45)73-21-16-32(72-12)27(5)44(74-31(9)58)29(7)40(60)28(6)43(25(3)14-13-15-26(4)47(64)52-39(42(35)62)38(37)55-51)75-33(59)23-56(11)48(65)53-49(77(66,67)68)78(69,70)71/h13-16,21,24-25,27-29,32,40,43-44,49,54,60-62H,17-20,22-23H2,1-12H3,(H,53,65)(H2,66,67,68)(H2,69,70,71)/b14-13+,21-16+,26-15-,52-39?/t25-,27+,28-,29+,32-,40+,43-,44+,50-/m0/s1. The smallest absolute Gasteiger partial charge is 0.360 e. The molecule has 1 saturated heterocycles. The predicted octanol–water partition coefficient (Wildman–Crippen LogP) is 3.58. The number of amides is 3. The number of Topliss-reactive ketones (excluding diaryl/α,β-unsaturated/α-hetero) is 1. The SMILES string of the molecule is CO[C@H]1/C=C/O[C@@]2(C)Oc3c(C)c(O)c4c(O)c(c5c(c4c3C2=O)NC2(CCN(CC(C)C)CC2)N=5)=NC(=O)/C(C)=C\C=C\[C@H](C)[C@H](OC(=O)CN(C)C(=O)NC(P(=O)(O)O)P(=O)(O)O)[C@@H](C)[C@@H](O)[C@@H](C)[C@H](OC(C)=O)[C@@H]1C. The van der Waals surface area contributed by atoms with Crippen LogP contribution >= 0.6 is 15.2 Å². The molecule has 9 N–H and O–H groups in total. The molecule has 4 aliphatic rings. The molecule has 25 nitrogen and oxygen atoms in total. The largest absolute Gasteiger partial charge is 0.507 e. The highest BCUT2D eigenvalue weighted by molar-refractivity contribution is 7.70. The summed E-state index contributed by atoms with van der Waals surface area (Å²) in [7, 11) is -8.86. The lowest BCUT2D eigenvalue weighted by Crippen LogP contribution is -2.48. The normalized spacial score (nSPS) is 28.4. The molecule has 0 aromatic heterocycles. The van der Waals surface area contributed by atoms with Crippen molar-refractivity contribution < 1.29 is 91.7 Å². The molecule has 1 spiro atoms. The van der Waals surface area contributed by atoms with Crippen LogP contribution in [0, 0.1) is 36.5 Å². The van der Waals surface area contributed by atoms with E-state index in [-0.39, 0.29) is 49.6 Å². The van der Waals surface area contributed by atoms with Gasteiger partial charge in [0.2, 0.25) is 5.52 Å². The molecule has 4 bridgehead atoms. The van der Waals surface area contributed by atoms with Crippen LogP contribution in [-0.4, -0.2) is 156 Å². The number of carbonyl (C=O) groups excluding carboxylic acids is 5. The molecular formula is C51H72N6O19P2. The fraction of sp³-hybridized carbons (Fsp3) is 0.588. The van der Waals surface area contributed by atoms with Crippen LogP contribution in [0.25, 0.3) is 10.8 Å². The van der Waals surface area contributed by atoms with Gasteiger partial charge < -0.3 is 79.0 Å². The van der Waals surface area contributed by atoms with Crippen molar-refractivity contribution in [1.82, 2.24) is 15.1 Å². The summed E-state index contributed by atoms with van der Waals surface area (Å²) in [6, 6.07) is -1.45. The van der Waals surface area contributed by atoms with E-state index in [1.165, 1.54) is 72.3 Å². The number of phenolic OH excluding ortho intramolecular Hbond substituents is 2. The number of phenols is 2.